The van der Waals surface area contributed by atoms with Crippen LogP contribution in [0.25, 0.3) is 0 Å². The van der Waals surface area contributed by atoms with Gasteiger partial charge in [-0.25, -0.2) is 4.79 Å². The van der Waals surface area contributed by atoms with Crippen LogP contribution in [0.1, 0.15) is 16.8 Å². The molecule has 24 heavy (non-hydrogen) atoms. The van der Waals surface area contributed by atoms with Crippen LogP contribution in [-0.4, -0.2) is 72.0 Å². The van der Waals surface area contributed by atoms with Gasteiger partial charge in [-0.15, -0.1) is 0 Å². The lowest BCUT2D eigenvalue weighted by Gasteiger charge is -2.40. The summed E-state index contributed by atoms with van der Waals surface area (Å²) in [7, 11) is 0. The van der Waals surface area contributed by atoms with Crippen molar-refractivity contribution in [3.63, 3.8) is 0 Å². The SMILES string of the molecule is O=C(O)c1c(O)cccc1OC1CN(C(=O)C[C@H]2CNCCO2)C1. The van der Waals surface area contributed by atoms with Crippen LogP contribution in [0.5, 0.6) is 11.5 Å². The van der Waals surface area contributed by atoms with Gasteiger partial charge in [-0.1, -0.05) is 6.07 Å². The number of benzene rings is 1. The number of hydrogen-bond donors (Lipinski definition) is 3. The molecule has 0 aromatic heterocycles. The number of rotatable bonds is 5. The fraction of sp³-hybridized carbons (Fsp3) is 0.500. The lowest BCUT2D eigenvalue weighted by molar-refractivity contribution is -0.143. The Balaban J connectivity index is 1.51. The average Bonchev–Trinajstić information content (AvgIpc) is 2.51. The van der Waals surface area contributed by atoms with E-state index in [0.717, 1.165) is 6.54 Å². The first-order chi connectivity index (χ1) is 11.5. The number of aromatic hydroxyl groups is 1. The van der Waals surface area contributed by atoms with Crippen LogP contribution < -0.4 is 10.1 Å². The number of phenols is 1. The van der Waals surface area contributed by atoms with E-state index in [9.17, 15) is 14.7 Å². The van der Waals surface area contributed by atoms with Crippen LogP contribution in [0.3, 0.4) is 0 Å². The van der Waals surface area contributed by atoms with Gasteiger partial charge in [0.15, 0.2) is 0 Å². The number of likely N-dealkylation sites (tertiary alicyclic amines) is 1. The Hall–Kier alpha value is -2.32. The van der Waals surface area contributed by atoms with E-state index in [1.165, 1.54) is 18.2 Å². The zero-order chi connectivity index (χ0) is 17.1. The van der Waals surface area contributed by atoms with Gasteiger partial charge >= 0.3 is 5.97 Å². The molecule has 0 spiro atoms. The first kappa shape index (κ1) is 16.5. The van der Waals surface area contributed by atoms with Crippen molar-refractivity contribution >= 4 is 11.9 Å². The quantitative estimate of drug-likeness (QED) is 0.697. The average molecular weight is 336 g/mol. The van der Waals surface area contributed by atoms with Crippen LogP contribution >= 0.6 is 0 Å². The topological polar surface area (TPSA) is 108 Å². The van der Waals surface area contributed by atoms with Gasteiger partial charge in [-0.3, -0.25) is 4.79 Å². The third-order valence-corrected chi connectivity index (χ3v) is 4.12. The standard InChI is InChI=1S/C16H20N2O6/c19-12-2-1-3-13(15(12)16(21)22)24-11-8-18(9-11)14(20)6-10-7-17-4-5-23-10/h1-3,10-11,17,19H,4-9H2,(H,21,22)/t10-/m0/s1. The second kappa shape index (κ2) is 7.06. The highest BCUT2D eigenvalue weighted by Gasteiger charge is 2.34. The fourth-order valence-corrected chi connectivity index (χ4v) is 2.80. The molecular weight excluding hydrogens is 316 g/mol. The van der Waals surface area contributed by atoms with Gasteiger partial charge < -0.3 is 29.9 Å². The normalized spacial score (nSPS) is 21.2. The zero-order valence-corrected chi connectivity index (χ0v) is 13.1. The molecule has 0 radical (unpaired) electrons. The Labute approximate surface area is 139 Å². The highest BCUT2D eigenvalue weighted by Crippen LogP contribution is 2.29. The molecule has 3 N–H and O–H groups in total. The lowest BCUT2D eigenvalue weighted by atomic mass is 10.1. The van der Waals surface area contributed by atoms with Crippen molar-refractivity contribution < 1.29 is 29.3 Å². The van der Waals surface area contributed by atoms with Crippen molar-refractivity contribution in [3.05, 3.63) is 23.8 Å². The Morgan fingerprint density at radius 3 is 2.83 bits per heavy atom. The number of carboxylic acids is 1. The fourth-order valence-electron chi connectivity index (χ4n) is 2.80. The van der Waals surface area contributed by atoms with Gasteiger partial charge in [-0.05, 0) is 12.1 Å². The number of carboxylic acid groups (broad SMARTS) is 1. The molecule has 0 unspecified atom stereocenters. The summed E-state index contributed by atoms with van der Waals surface area (Å²) in [5, 5.41) is 22.0. The molecule has 2 heterocycles. The third-order valence-electron chi connectivity index (χ3n) is 4.12. The largest absolute Gasteiger partial charge is 0.507 e. The number of aromatic carboxylic acids is 1. The first-order valence-electron chi connectivity index (χ1n) is 7.86. The van der Waals surface area contributed by atoms with Crippen molar-refractivity contribution in [2.24, 2.45) is 0 Å². The summed E-state index contributed by atoms with van der Waals surface area (Å²) < 4.78 is 11.1. The first-order valence-corrected chi connectivity index (χ1v) is 7.86. The summed E-state index contributed by atoms with van der Waals surface area (Å²) in [6.07, 6.45) is -0.0539. The Morgan fingerprint density at radius 2 is 2.17 bits per heavy atom. The van der Waals surface area contributed by atoms with E-state index in [1.54, 1.807) is 4.90 Å². The predicted molar refractivity (Wildman–Crippen MR) is 83.3 cm³/mol. The van der Waals surface area contributed by atoms with Crippen molar-refractivity contribution in [1.82, 2.24) is 10.2 Å². The molecule has 1 atom stereocenters. The second-order valence-electron chi connectivity index (χ2n) is 5.90. The summed E-state index contributed by atoms with van der Waals surface area (Å²) in [6.45, 7) is 2.88. The molecule has 8 heteroatoms. The minimum Gasteiger partial charge on any atom is -0.507 e. The lowest BCUT2D eigenvalue weighted by Crippen LogP contribution is -2.57. The molecule has 1 aromatic carbocycles. The van der Waals surface area contributed by atoms with Gasteiger partial charge in [-0.2, -0.15) is 0 Å². The minimum absolute atomic E-state index is 0.00193. The molecular formula is C16H20N2O6. The van der Waals surface area contributed by atoms with Crippen molar-refractivity contribution in [2.75, 3.05) is 32.8 Å². The van der Waals surface area contributed by atoms with Crippen molar-refractivity contribution in [1.29, 1.82) is 0 Å². The van der Waals surface area contributed by atoms with Gasteiger partial charge in [0, 0.05) is 13.1 Å². The van der Waals surface area contributed by atoms with Crippen LogP contribution in [0.15, 0.2) is 18.2 Å². The van der Waals surface area contributed by atoms with Crippen molar-refractivity contribution in [2.45, 2.75) is 18.6 Å². The van der Waals surface area contributed by atoms with E-state index in [2.05, 4.69) is 5.32 Å². The van der Waals surface area contributed by atoms with E-state index >= 15 is 0 Å². The smallest absolute Gasteiger partial charge is 0.343 e. The molecule has 0 saturated carbocycles. The maximum absolute atomic E-state index is 12.1. The molecule has 130 valence electrons. The molecule has 0 bridgehead atoms. The Morgan fingerprint density at radius 1 is 1.38 bits per heavy atom. The molecule has 2 fully saturated rings. The van der Waals surface area contributed by atoms with E-state index in [-0.39, 0.29) is 35.2 Å². The van der Waals surface area contributed by atoms with Crippen molar-refractivity contribution in [3.8, 4) is 11.5 Å². The molecule has 2 aliphatic rings. The van der Waals surface area contributed by atoms with Crippen LogP contribution in [0.2, 0.25) is 0 Å². The number of ether oxygens (including phenoxy) is 2. The van der Waals surface area contributed by atoms with E-state index < -0.39 is 5.97 Å². The summed E-state index contributed by atoms with van der Waals surface area (Å²) in [4.78, 5) is 25.0. The molecule has 2 saturated heterocycles. The molecule has 3 rings (SSSR count). The highest BCUT2D eigenvalue weighted by molar-refractivity contribution is 5.94. The van der Waals surface area contributed by atoms with Gasteiger partial charge in [0.25, 0.3) is 0 Å². The number of amides is 1. The second-order valence-corrected chi connectivity index (χ2v) is 5.90. The molecule has 1 amide bonds. The Bertz CT molecular complexity index is 623. The maximum atomic E-state index is 12.1. The third kappa shape index (κ3) is 3.60. The molecule has 2 aliphatic heterocycles. The van der Waals surface area contributed by atoms with E-state index in [0.29, 0.717) is 32.7 Å². The van der Waals surface area contributed by atoms with Crippen LogP contribution in [0, 0.1) is 0 Å². The highest BCUT2D eigenvalue weighted by atomic mass is 16.5. The number of morpholine rings is 1. The van der Waals surface area contributed by atoms with Gasteiger partial charge in [0.05, 0.1) is 32.2 Å². The van der Waals surface area contributed by atoms with Crippen LogP contribution in [-0.2, 0) is 9.53 Å². The summed E-state index contributed by atoms with van der Waals surface area (Å²) in [5.74, 6) is -1.48. The van der Waals surface area contributed by atoms with E-state index in [1.807, 2.05) is 0 Å². The number of carbonyl (C=O) groups is 2. The summed E-state index contributed by atoms with van der Waals surface area (Å²) >= 11 is 0. The maximum Gasteiger partial charge on any atom is 0.343 e. The zero-order valence-electron chi connectivity index (χ0n) is 13.1. The summed E-state index contributed by atoms with van der Waals surface area (Å²) in [5.41, 5.74) is -0.260. The minimum atomic E-state index is -1.25. The number of nitrogens with one attached hydrogen (secondary N) is 1. The summed E-state index contributed by atoms with van der Waals surface area (Å²) in [6, 6.07) is 4.31. The predicted octanol–water partition coefficient (Wildman–Crippen LogP) is 0.0585. The molecule has 0 aliphatic carbocycles. The van der Waals surface area contributed by atoms with E-state index in [4.69, 9.17) is 14.6 Å². The number of carbonyl (C=O) groups excluding carboxylic acids is 1. The molecule has 1 aromatic rings. The van der Waals surface area contributed by atoms with Gasteiger partial charge in [0.2, 0.25) is 5.91 Å². The Kier molecular flexibility index (Phi) is 4.86. The monoisotopic (exact) mass is 336 g/mol. The van der Waals surface area contributed by atoms with Crippen LogP contribution in [0.4, 0.5) is 0 Å². The number of nitrogens with zero attached hydrogens (tertiary/aromatic N) is 1. The molecule has 8 nitrogen and oxygen atoms in total. The number of hydrogen-bond acceptors (Lipinski definition) is 6. The van der Waals surface area contributed by atoms with Gasteiger partial charge in [0.1, 0.15) is 23.2 Å².